The number of hydrogen-bond acceptors (Lipinski definition) is 9. The summed E-state index contributed by atoms with van der Waals surface area (Å²) in [6.45, 7) is 0. The van der Waals surface area contributed by atoms with Gasteiger partial charge in [-0.05, 0) is 42.0 Å². The maximum atomic E-state index is 12.0. The Hall–Kier alpha value is -4.80. The predicted octanol–water partition coefficient (Wildman–Crippen LogP) is 4.23. The summed E-state index contributed by atoms with van der Waals surface area (Å²) in [6, 6.07) is 12.6. The van der Waals surface area contributed by atoms with Crippen molar-refractivity contribution in [2.24, 2.45) is 4.99 Å². The van der Waals surface area contributed by atoms with Crippen LogP contribution < -0.4 is 4.74 Å². The van der Waals surface area contributed by atoms with Crippen LogP contribution in [-0.4, -0.2) is 21.7 Å². The van der Waals surface area contributed by atoms with Gasteiger partial charge in [-0.2, -0.15) is 0 Å². The van der Waals surface area contributed by atoms with E-state index in [1.54, 1.807) is 24.3 Å². The molecule has 4 rings (SSSR count). The Morgan fingerprint density at radius 3 is 2.42 bits per heavy atom. The molecule has 31 heavy (non-hydrogen) atoms. The standard InChI is InChI=1S/C20H11N3O8/c24-20-15(21-19(31-20)18-2-1-9-29-18)10-12-3-6-14(7-4-12)30-17-8-5-13(22(25)26)11-16(17)23(27)28/h1-11H/b15-10-. The lowest BCUT2D eigenvalue weighted by Gasteiger charge is -2.06. The van der Waals surface area contributed by atoms with Crippen LogP contribution in [0.25, 0.3) is 6.08 Å². The van der Waals surface area contributed by atoms with Crippen LogP contribution >= 0.6 is 0 Å². The molecule has 154 valence electrons. The van der Waals surface area contributed by atoms with E-state index in [1.165, 1.54) is 24.5 Å². The third-order valence-corrected chi connectivity index (χ3v) is 4.11. The molecular weight excluding hydrogens is 410 g/mol. The lowest BCUT2D eigenvalue weighted by Crippen LogP contribution is -2.04. The fourth-order valence-electron chi connectivity index (χ4n) is 2.68. The molecule has 0 saturated heterocycles. The summed E-state index contributed by atoms with van der Waals surface area (Å²) in [5.74, 6) is -0.133. The summed E-state index contributed by atoms with van der Waals surface area (Å²) in [7, 11) is 0. The van der Waals surface area contributed by atoms with Gasteiger partial charge in [0, 0.05) is 6.07 Å². The fourth-order valence-corrected chi connectivity index (χ4v) is 2.68. The number of rotatable bonds is 6. The van der Waals surface area contributed by atoms with E-state index in [4.69, 9.17) is 13.9 Å². The molecule has 3 aromatic rings. The summed E-state index contributed by atoms with van der Waals surface area (Å²) >= 11 is 0. The quantitative estimate of drug-likeness (QED) is 0.248. The second-order valence-electron chi connectivity index (χ2n) is 6.15. The van der Waals surface area contributed by atoms with Gasteiger partial charge in [0.05, 0.1) is 22.2 Å². The van der Waals surface area contributed by atoms with Crippen LogP contribution in [-0.2, 0) is 9.53 Å². The minimum atomic E-state index is -0.762. The molecule has 0 bridgehead atoms. The molecule has 0 spiro atoms. The van der Waals surface area contributed by atoms with E-state index in [2.05, 4.69) is 4.99 Å². The molecule has 0 radical (unpaired) electrons. The molecule has 0 fully saturated rings. The second kappa shape index (κ2) is 7.91. The molecule has 2 heterocycles. The van der Waals surface area contributed by atoms with Gasteiger partial charge in [0.15, 0.2) is 11.5 Å². The van der Waals surface area contributed by atoms with Gasteiger partial charge in [0.25, 0.3) is 11.6 Å². The van der Waals surface area contributed by atoms with Crippen LogP contribution in [0.4, 0.5) is 11.4 Å². The van der Waals surface area contributed by atoms with Gasteiger partial charge in [-0.3, -0.25) is 20.2 Å². The summed E-state index contributed by atoms with van der Waals surface area (Å²) in [6.07, 6.45) is 2.93. The molecule has 0 amide bonds. The van der Waals surface area contributed by atoms with Crippen molar-refractivity contribution in [1.82, 2.24) is 0 Å². The zero-order chi connectivity index (χ0) is 22.0. The molecule has 0 unspecified atom stereocenters. The molecular formula is C20H11N3O8. The number of ether oxygens (including phenoxy) is 2. The minimum absolute atomic E-state index is 0.0617. The third-order valence-electron chi connectivity index (χ3n) is 4.11. The highest BCUT2D eigenvalue weighted by molar-refractivity contribution is 6.11. The molecule has 0 atom stereocenters. The van der Waals surface area contributed by atoms with Crippen molar-refractivity contribution in [3.8, 4) is 11.5 Å². The van der Waals surface area contributed by atoms with Gasteiger partial charge < -0.3 is 13.9 Å². The number of furan rings is 1. The second-order valence-corrected chi connectivity index (χ2v) is 6.15. The van der Waals surface area contributed by atoms with Gasteiger partial charge >= 0.3 is 11.7 Å². The average Bonchev–Trinajstić information content (AvgIpc) is 3.40. The van der Waals surface area contributed by atoms with Gasteiger partial charge in [-0.25, -0.2) is 9.79 Å². The van der Waals surface area contributed by atoms with Crippen molar-refractivity contribution in [2.45, 2.75) is 0 Å². The number of nitrogens with zero attached hydrogens (tertiary/aromatic N) is 3. The number of nitro groups is 2. The Morgan fingerprint density at radius 1 is 1.00 bits per heavy atom. The molecule has 11 nitrogen and oxygen atoms in total. The Morgan fingerprint density at radius 2 is 1.77 bits per heavy atom. The molecule has 0 N–H and O–H groups in total. The first kappa shape index (κ1) is 19.5. The van der Waals surface area contributed by atoms with Crippen molar-refractivity contribution >= 4 is 29.3 Å². The Balaban J connectivity index is 1.54. The topological polar surface area (TPSA) is 147 Å². The highest BCUT2D eigenvalue weighted by atomic mass is 16.6. The monoisotopic (exact) mass is 421 g/mol. The number of nitro benzene ring substituents is 2. The number of cyclic esters (lactones) is 1. The van der Waals surface area contributed by atoms with Crippen LogP contribution in [0.3, 0.4) is 0 Å². The maximum absolute atomic E-state index is 12.0. The van der Waals surface area contributed by atoms with E-state index in [1.807, 2.05) is 0 Å². The van der Waals surface area contributed by atoms with Crippen LogP contribution in [0.5, 0.6) is 11.5 Å². The largest absolute Gasteiger partial charge is 0.459 e. The minimum Gasteiger partial charge on any atom is -0.459 e. The highest BCUT2D eigenvalue weighted by Gasteiger charge is 2.26. The number of benzene rings is 2. The van der Waals surface area contributed by atoms with Crippen molar-refractivity contribution < 1.29 is 28.5 Å². The number of carbonyl (C=O) groups is 1. The number of aliphatic imine (C=N–C) groups is 1. The van der Waals surface area contributed by atoms with Gasteiger partial charge in [0.2, 0.25) is 5.75 Å². The number of esters is 1. The SMILES string of the molecule is O=C1OC(c2ccco2)=N/C1=C\c1ccc(Oc2ccc([N+](=O)[O-])cc2[N+](=O)[O-])cc1. The lowest BCUT2D eigenvalue weighted by molar-refractivity contribution is -0.394. The van der Waals surface area contributed by atoms with E-state index in [-0.39, 0.29) is 23.1 Å². The zero-order valence-corrected chi connectivity index (χ0v) is 15.5. The number of hydrogen-bond donors (Lipinski definition) is 0. The Bertz CT molecular complexity index is 1240. The fraction of sp³-hybridized carbons (Fsp3) is 0. The first-order chi connectivity index (χ1) is 14.9. The Kier molecular flexibility index (Phi) is 4.98. The number of carbonyl (C=O) groups excluding carboxylic acids is 1. The molecule has 0 saturated carbocycles. The van der Waals surface area contributed by atoms with Gasteiger partial charge in [0.1, 0.15) is 5.75 Å². The molecule has 2 aromatic carbocycles. The molecule has 0 aliphatic carbocycles. The lowest BCUT2D eigenvalue weighted by atomic mass is 10.2. The number of non-ortho nitro benzene ring substituents is 1. The summed E-state index contributed by atoms with van der Waals surface area (Å²) in [5.41, 5.74) is -0.277. The van der Waals surface area contributed by atoms with E-state index in [9.17, 15) is 25.0 Å². The zero-order valence-electron chi connectivity index (χ0n) is 15.5. The van der Waals surface area contributed by atoms with Crippen LogP contribution in [0.15, 0.2) is 76.0 Å². The highest BCUT2D eigenvalue weighted by Crippen LogP contribution is 2.34. The first-order valence-electron chi connectivity index (χ1n) is 8.68. The molecule has 1 aromatic heterocycles. The maximum Gasteiger partial charge on any atom is 0.363 e. The van der Waals surface area contributed by atoms with Crippen molar-refractivity contribution in [3.05, 3.63) is 98.1 Å². The van der Waals surface area contributed by atoms with Gasteiger partial charge in [-0.1, -0.05) is 12.1 Å². The van der Waals surface area contributed by atoms with Gasteiger partial charge in [-0.15, -0.1) is 0 Å². The van der Waals surface area contributed by atoms with Crippen LogP contribution in [0.1, 0.15) is 11.3 Å². The van der Waals surface area contributed by atoms with Crippen molar-refractivity contribution in [1.29, 1.82) is 0 Å². The summed E-state index contributed by atoms with van der Waals surface area (Å²) in [4.78, 5) is 36.6. The van der Waals surface area contributed by atoms with Crippen molar-refractivity contribution in [3.63, 3.8) is 0 Å². The van der Waals surface area contributed by atoms with E-state index >= 15 is 0 Å². The van der Waals surface area contributed by atoms with E-state index < -0.39 is 27.2 Å². The van der Waals surface area contributed by atoms with Crippen LogP contribution in [0.2, 0.25) is 0 Å². The smallest absolute Gasteiger partial charge is 0.363 e. The predicted molar refractivity (Wildman–Crippen MR) is 106 cm³/mol. The Labute approximate surface area is 173 Å². The van der Waals surface area contributed by atoms with E-state index in [0.717, 1.165) is 18.2 Å². The van der Waals surface area contributed by atoms with E-state index in [0.29, 0.717) is 11.3 Å². The molecule has 11 heteroatoms. The van der Waals surface area contributed by atoms with Crippen LogP contribution in [0, 0.1) is 20.2 Å². The first-order valence-corrected chi connectivity index (χ1v) is 8.68. The van der Waals surface area contributed by atoms with Crippen molar-refractivity contribution in [2.75, 3.05) is 0 Å². The molecule has 1 aliphatic rings. The average molecular weight is 421 g/mol. The normalized spacial score (nSPS) is 14.3. The summed E-state index contributed by atoms with van der Waals surface area (Å²) in [5, 5.41) is 22.0. The third kappa shape index (κ3) is 4.15. The molecule has 1 aliphatic heterocycles. The summed E-state index contributed by atoms with van der Waals surface area (Å²) < 4.78 is 15.7.